The van der Waals surface area contributed by atoms with E-state index in [1.807, 2.05) is 12.1 Å². The van der Waals surface area contributed by atoms with E-state index in [1.54, 1.807) is 6.92 Å². The Labute approximate surface area is 165 Å². The molecule has 0 atom stereocenters. The molecular weight excluding hydrogens is 332 g/mol. The van der Waals surface area contributed by atoms with Gasteiger partial charge in [0.15, 0.2) is 5.78 Å². The van der Waals surface area contributed by atoms with Crippen molar-refractivity contribution in [2.75, 3.05) is 31.1 Å². The Kier molecular flexibility index (Phi) is 6.17. The van der Waals surface area contributed by atoms with Crippen LogP contribution in [0.3, 0.4) is 0 Å². The summed E-state index contributed by atoms with van der Waals surface area (Å²) < 4.78 is 0. The van der Waals surface area contributed by atoms with Crippen LogP contribution in [0.25, 0.3) is 0 Å². The number of Topliss-reactive ketones (excluding diaryl/α,β-unsaturated/α-hetero) is 1. The monoisotopic (exact) mass is 368 g/mol. The van der Waals surface area contributed by atoms with Crippen molar-refractivity contribution in [2.24, 2.45) is 11.8 Å². The van der Waals surface area contributed by atoms with Gasteiger partial charge in [-0.3, -0.25) is 9.69 Å². The molecule has 0 radical (unpaired) electrons. The number of piperazine rings is 1. The van der Waals surface area contributed by atoms with Crippen molar-refractivity contribution in [2.45, 2.75) is 70.8 Å². The highest BCUT2D eigenvalue weighted by atomic mass is 16.1. The summed E-state index contributed by atoms with van der Waals surface area (Å²) in [4.78, 5) is 16.7. The lowest BCUT2D eigenvalue weighted by Crippen LogP contribution is -2.51. The third-order valence-electron chi connectivity index (χ3n) is 7.53. The van der Waals surface area contributed by atoms with Crippen LogP contribution in [-0.2, 0) is 0 Å². The Balaban J connectivity index is 1.24. The van der Waals surface area contributed by atoms with Crippen LogP contribution in [0.5, 0.6) is 0 Å². The number of nitrogens with zero attached hydrogens (tertiary/aromatic N) is 2. The highest BCUT2D eigenvalue weighted by Crippen LogP contribution is 2.39. The van der Waals surface area contributed by atoms with E-state index in [9.17, 15) is 4.79 Å². The minimum Gasteiger partial charge on any atom is -0.369 e. The summed E-state index contributed by atoms with van der Waals surface area (Å²) in [6.45, 7) is 6.24. The maximum atomic E-state index is 11.5. The fraction of sp³-hybridized carbons (Fsp3) is 0.708. The lowest BCUT2D eigenvalue weighted by Gasteiger charge is -2.44. The molecule has 0 amide bonds. The Hall–Kier alpha value is -1.35. The molecule has 0 unspecified atom stereocenters. The molecule has 1 heterocycles. The fourth-order valence-electron chi connectivity index (χ4n) is 5.80. The average molecular weight is 369 g/mol. The molecule has 2 aliphatic carbocycles. The maximum absolute atomic E-state index is 11.5. The SMILES string of the molecule is CC(=O)c1ccc(N2CCN(C3CCC(C4CCCCC4)CC3)CC2)cc1. The van der Waals surface area contributed by atoms with Crippen LogP contribution in [0.1, 0.15) is 75.1 Å². The topological polar surface area (TPSA) is 23.6 Å². The van der Waals surface area contributed by atoms with Gasteiger partial charge >= 0.3 is 0 Å². The van der Waals surface area contributed by atoms with Crippen molar-refractivity contribution in [3.63, 3.8) is 0 Å². The van der Waals surface area contributed by atoms with Gasteiger partial charge in [-0.2, -0.15) is 0 Å². The smallest absolute Gasteiger partial charge is 0.159 e. The van der Waals surface area contributed by atoms with Gasteiger partial charge in [0, 0.05) is 43.5 Å². The predicted octanol–water partition coefficient (Wildman–Crippen LogP) is 5.15. The van der Waals surface area contributed by atoms with E-state index in [-0.39, 0.29) is 5.78 Å². The molecule has 0 bridgehead atoms. The quantitative estimate of drug-likeness (QED) is 0.687. The van der Waals surface area contributed by atoms with Gasteiger partial charge in [0.25, 0.3) is 0 Å². The van der Waals surface area contributed by atoms with Gasteiger partial charge in [-0.1, -0.05) is 32.1 Å². The molecule has 1 saturated heterocycles. The predicted molar refractivity (Wildman–Crippen MR) is 113 cm³/mol. The van der Waals surface area contributed by atoms with Gasteiger partial charge in [-0.25, -0.2) is 0 Å². The Morgan fingerprint density at radius 2 is 1.37 bits per heavy atom. The van der Waals surface area contributed by atoms with E-state index in [2.05, 4.69) is 21.9 Å². The van der Waals surface area contributed by atoms with E-state index in [0.717, 1.165) is 36.5 Å². The van der Waals surface area contributed by atoms with Crippen LogP contribution in [0.2, 0.25) is 0 Å². The largest absolute Gasteiger partial charge is 0.369 e. The number of anilines is 1. The van der Waals surface area contributed by atoms with E-state index < -0.39 is 0 Å². The molecule has 3 aliphatic rings. The van der Waals surface area contributed by atoms with E-state index in [4.69, 9.17) is 0 Å². The third-order valence-corrected chi connectivity index (χ3v) is 7.53. The Morgan fingerprint density at radius 1 is 0.778 bits per heavy atom. The summed E-state index contributed by atoms with van der Waals surface area (Å²) >= 11 is 0. The molecule has 2 saturated carbocycles. The van der Waals surface area contributed by atoms with Crippen LogP contribution >= 0.6 is 0 Å². The lowest BCUT2D eigenvalue weighted by atomic mass is 9.72. The molecule has 148 valence electrons. The van der Waals surface area contributed by atoms with Crippen molar-refractivity contribution in [1.29, 1.82) is 0 Å². The molecule has 0 N–H and O–H groups in total. The molecule has 3 nitrogen and oxygen atoms in total. The molecule has 27 heavy (non-hydrogen) atoms. The van der Waals surface area contributed by atoms with Crippen molar-refractivity contribution < 1.29 is 4.79 Å². The molecule has 1 aliphatic heterocycles. The van der Waals surface area contributed by atoms with E-state index >= 15 is 0 Å². The highest BCUT2D eigenvalue weighted by Gasteiger charge is 2.32. The molecular formula is C24H36N2O. The zero-order valence-electron chi connectivity index (χ0n) is 17.0. The summed E-state index contributed by atoms with van der Waals surface area (Å²) in [6, 6.07) is 8.99. The minimum absolute atomic E-state index is 0.148. The van der Waals surface area contributed by atoms with Gasteiger partial charge < -0.3 is 4.90 Å². The first-order valence-corrected chi connectivity index (χ1v) is 11.3. The number of hydrogen-bond donors (Lipinski definition) is 0. The van der Waals surface area contributed by atoms with Gasteiger partial charge in [0.1, 0.15) is 0 Å². The normalized spacial score (nSPS) is 28.3. The standard InChI is InChI=1S/C24H36N2O/c1-19(27)20-7-11-23(12-8-20)25-15-17-26(18-16-25)24-13-9-22(10-14-24)21-5-3-2-4-6-21/h7-8,11-12,21-22,24H,2-6,9-10,13-18H2,1H3. The fourth-order valence-corrected chi connectivity index (χ4v) is 5.80. The number of carbonyl (C=O) groups excluding carboxylic acids is 1. The third kappa shape index (κ3) is 4.56. The first-order chi connectivity index (χ1) is 13.2. The van der Waals surface area contributed by atoms with Crippen LogP contribution in [0.15, 0.2) is 24.3 Å². The second-order valence-corrected chi connectivity index (χ2v) is 9.09. The zero-order chi connectivity index (χ0) is 18.6. The molecule has 3 heteroatoms. The number of ketones is 1. The van der Waals surface area contributed by atoms with Crippen molar-refractivity contribution in [3.05, 3.63) is 29.8 Å². The second-order valence-electron chi connectivity index (χ2n) is 9.09. The number of carbonyl (C=O) groups is 1. The summed E-state index contributed by atoms with van der Waals surface area (Å²) in [5.74, 6) is 2.23. The van der Waals surface area contributed by atoms with Gasteiger partial charge in [-0.15, -0.1) is 0 Å². The van der Waals surface area contributed by atoms with Crippen molar-refractivity contribution >= 4 is 11.5 Å². The zero-order valence-corrected chi connectivity index (χ0v) is 17.0. The number of hydrogen-bond acceptors (Lipinski definition) is 3. The molecule has 1 aromatic carbocycles. The summed E-state index contributed by atoms with van der Waals surface area (Å²) in [7, 11) is 0. The Bertz CT molecular complexity index is 604. The summed E-state index contributed by atoms with van der Waals surface area (Å²) in [6.07, 6.45) is 13.3. The molecule has 3 fully saturated rings. The Morgan fingerprint density at radius 3 is 1.96 bits per heavy atom. The van der Waals surface area contributed by atoms with Crippen LogP contribution in [-0.4, -0.2) is 42.9 Å². The highest BCUT2D eigenvalue weighted by molar-refractivity contribution is 5.94. The van der Waals surface area contributed by atoms with Gasteiger partial charge in [0.2, 0.25) is 0 Å². The van der Waals surface area contributed by atoms with Crippen molar-refractivity contribution in [1.82, 2.24) is 4.90 Å². The number of benzene rings is 1. The first-order valence-electron chi connectivity index (χ1n) is 11.3. The van der Waals surface area contributed by atoms with Crippen LogP contribution in [0.4, 0.5) is 5.69 Å². The number of rotatable bonds is 4. The van der Waals surface area contributed by atoms with Crippen molar-refractivity contribution in [3.8, 4) is 0 Å². The maximum Gasteiger partial charge on any atom is 0.159 e. The second kappa shape index (κ2) is 8.77. The van der Waals surface area contributed by atoms with Gasteiger partial charge in [-0.05, 0) is 68.7 Å². The van der Waals surface area contributed by atoms with Gasteiger partial charge in [0.05, 0.1) is 0 Å². The lowest BCUT2D eigenvalue weighted by molar-refractivity contribution is 0.101. The minimum atomic E-state index is 0.148. The summed E-state index contributed by atoms with van der Waals surface area (Å²) in [5.41, 5.74) is 2.08. The molecule has 4 rings (SSSR count). The molecule has 0 aromatic heterocycles. The van der Waals surface area contributed by atoms with Crippen LogP contribution < -0.4 is 4.90 Å². The molecule has 1 aromatic rings. The summed E-state index contributed by atoms with van der Waals surface area (Å²) in [5, 5.41) is 0. The molecule has 0 spiro atoms. The van der Waals surface area contributed by atoms with E-state index in [1.165, 1.54) is 76.6 Å². The van der Waals surface area contributed by atoms with Crippen LogP contribution in [0, 0.1) is 11.8 Å². The first kappa shape index (κ1) is 19.0. The van der Waals surface area contributed by atoms with E-state index in [0.29, 0.717) is 0 Å². The average Bonchev–Trinajstić information content (AvgIpc) is 2.75.